The van der Waals surface area contributed by atoms with Gasteiger partial charge in [-0.3, -0.25) is 0 Å². The molecule has 496 valence electrons. The van der Waals surface area contributed by atoms with Gasteiger partial charge >= 0.3 is 0 Å². The Balaban J connectivity index is 0.995. The van der Waals surface area contributed by atoms with Crippen LogP contribution in [0.1, 0.15) is 196 Å². The highest BCUT2D eigenvalue weighted by Crippen LogP contribution is 2.64. The Hall–Kier alpha value is -8.32. The first-order chi connectivity index (χ1) is 46.6. The molecule has 6 heteroatoms. The van der Waals surface area contributed by atoms with E-state index < -0.39 is 8.07 Å². The number of hydrogen-bond donors (Lipinski definition) is 0. The molecule has 6 aliphatic rings. The topological polar surface area (TPSA) is 13.0 Å². The quantitative estimate of drug-likeness (QED) is 0.111. The maximum atomic E-state index is 2.88. The van der Waals surface area contributed by atoms with Crippen LogP contribution in [0.2, 0.25) is 0 Å². The van der Waals surface area contributed by atoms with Crippen molar-refractivity contribution in [2.24, 2.45) is 0 Å². The fraction of sp³-hybridized carbons (Fsp3) is 0.348. The second kappa shape index (κ2) is 22.3. The summed E-state index contributed by atoms with van der Waals surface area (Å²) in [6, 6.07) is 89.9. The molecular formula is C92H101BN4Si. The van der Waals surface area contributed by atoms with E-state index in [0.717, 1.165) is 19.3 Å². The monoisotopic (exact) mass is 1300 g/mol. The van der Waals surface area contributed by atoms with Crippen molar-refractivity contribution in [2.75, 3.05) is 19.6 Å². The van der Waals surface area contributed by atoms with E-state index in [2.05, 4.69) is 355 Å². The minimum absolute atomic E-state index is 0.0187. The van der Waals surface area contributed by atoms with Gasteiger partial charge in [0.15, 0.2) is 8.07 Å². The van der Waals surface area contributed by atoms with Gasteiger partial charge in [-0.2, -0.15) is 0 Å². The number of anilines is 10. The molecule has 4 aliphatic heterocycles. The molecule has 0 spiro atoms. The Bertz CT molecular complexity index is 4680. The summed E-state index contributed by atoms with van der Waals surface area (Å²) in [5.74, 6) is 0. The Morgan fingerprint density at radius 2 is 0.745 bits per heavy atom. The Kier molecular flexibility index (Phi) is 14.7. The zero-order valence-corrected chi connectivity index (χ0v) is 62.4. The first-order valence-corrected chi connectivity index (χ1v) is 38.9. The minimum Gasteiger partial charge on any atom is -0.334 e. The van der Waals surface area contributed by atoms with Crippen LogP contribution in [0.5, 0.6) is 0 Å². The summed E-state index contributed by atoms with van der Waals surface area (Å²) in [6.07, 6.45) is 9.35. The van der Waals surface area contributed by atoms with Crippen LogP contribution >= 0.6 is 0 Å². The van der Waals surface area contributed by atoms with Gasteiger partial charge in [0.2, 0.25) is 0 Å². The van der Waals surface area contributed by atoms with Gasteiger partial charge < -0.3 is 19.6 Å². The van der Waals surface area contributed by atoms with E-state index in [0.29, 0.717) is 0 Å². The summed E-state index contributed by atoms with van der Waals surface area (Å²) in [5, 5.41) is 5.65. The number of hydrogen-bond acceptors (Lipinski definition) is 4. The van der Waals surface area contributed by atoms with E-state index >= 15 is 0 Å². The van der Waals surface area contributed by atoms with Crippen molar-refractivity contribution in [3.63, 3.8) is 0 Å². The van der Waals surface area contributed by atoms with E-state index in [1.165, 1.54) is 159 Å². The van der Waals surface area contributed by atoms with Crippen LogP contribution in [0.3, 0.4) is 0 Å². The van der Waals surface area contributed by atoms with Crippen molar-refractivity contribution in [2.45, 2.75) is 206 Å². The van der Waals surface area contributed by atoms with Crippen molar-refractivity contribution in [3.8, 4) is 0 Å². The van der Waals surface area contributed by atoms with Gasteiger partial charge in [0.05, 0.1) is 11.1 Å². The van der Waals surface area contributed by atoms with Crippen LogP contribution in [-0.2, 0) is 32.5 Å². The van der Waals surface area contributed by atoms with Crippen LogP contribution in [0, 0.1) is 0 Å². The van der Waals surface area contributed by atoms with E-state index in [-0.39, 0.29) is 50.3 Å². The molecule has 0 radical (unpaired) electrons. The van der Waals surface area contributed by atoms with Crippen molar-refractivity contribution in [3.05, 3.63) is 258 Å². The third kappa shape index (κ3) is 9.48. The van der Waals surface area contributed by atoms with Crippen LogP contribution < -0.4 is 56.7 Å². The molecule has 10 aromatic rings. The first kappa shape index (κ1) is 64.4. The maximum Gasteiger partial charge on any atom is 0.252 e. The molecule has 2 aliphatic carbocycles. The van der Waals surface area contributed by atoms with Crippen molar-refractivity contribution in [1.82, 2.24) is 0 Å². The average Bonchev–Trinajstić information content (AvgIpc) is 1.21. The van der Waals surface area contributed by atoms with E-state index in [1.807, 2.05) is 0 Å². The highest BCUT2D eigenvalue weighted by Gasteiger charge is 2.61. The second-order valence-corrected chi connectivity index (χ2v) is 39.0. The van der Waals surface area contributed by atoms with Crippen molar-refractivity contribution < 1.29 is 0 Å². The standard InChI is InChI=1S/C92H101BN4Si/c1-85(2,3)62-39-43-66(44-40-62)94-80-49-45-68(96-78-48-42-64(87(7,8)9)56-74(78)89(13)51-26-28-53-91(89,96)15)58-77(80)93-76-47-41-65(88(10,11)12)57-81(76)95(67-32-30-31-63(55-67)86(4,5)6)83-60-69(59-82(94)84(83)93)97-79-50-46-73(61-75(79)90(14)52-27-29-54-92(90,97)16)98(70-33-20-17-21-34-70,71-35-22-18-23-36-71)72-37-24-19-25-38-72/h17-25,30-50,55-61H,26-29,51-54H2,1-16H3. The van der Waals surface area contributed by atoms with Gasteiger partial charge in [-0.05, 0) is 205 Å². The Labute approximate surface area is 588 Å². The Morgan fingerprint density at radius 1 is 0.306 bits per heavy atom. The van der Waals surface area contributed by atoms with E-state index in [1.54, 1.807) is 0 Å². The van der Waals surface area contributed by atoms with Gasteiger partial charge in [-0.1, -0.05) is 274 Å². The van der Waals surface area contributed by atoms with Crippen LogP contribution in [0.4, 0.5) is 56.9 Å². The molecule has 4 atom stereocenters. The molecule has 16 rings (SSSR count). The lowest BCUT2D eigenvalue weighted by molar-refractivity contribution is 0.195. The van der Waals surface area contributed by atoms with Crippen molar-refractivity contribution in [1.29, 1.82) is 0 Å². The predicted octanol–water partition coefficient (Wildman–Crippen LogP) is 19.8. The summed E-state index contributed by atoms with van der Waals surface area (Å²) >= 11 is 0. The lowest BCUT2D eigenvalue weighted by atomic mass is 9.33. The molecule has 4 nitrogen and oxygen atoms in total. The molecule has 10 aromatic carbocycles. The van der Waals surface area contributed by atoms with Gasteiger partial charge in [0, 0.05) is 67.7 Å². The third-order valence-electron chi connectivity index (χ3n) is 25.5. The molecule has 4 heterocycles. The molecule has 0 N–H and O–H groups in total. The molecule has 0 aromatic heterocycles. The largest absolute Gasteiger partial charge is 0.334 e. The minimum atomic E-state index is -2.90. The summed E-state index contributed by atoms with van der Waals surface area (Å²) in [6.45, 7) is 38.8. The number of fused-ring (bicyclic) bond motifs is 10. The lowest BCUT2D eigenvalue weighted by Crippen LogP contribution is -2.74. The molecule has 4 unspecified atom stereocenters. The highest BCUT2D eigenvalue weighted by molar-refractivity contribution is 7.20. The third-order valence-corrected chi connectivity index (χ3v) is 30.3. The molecule has 2 saturated carbocycles. The molecule has 0 saturated heterocycles. The second-order valence-electron chi connectivity index (χ2n) is 35.2. The van der Waals surface area contributed by atoms with Crippen LogP contribution in [0.25, 0.3) is 0 Å². The SMILES string of the molecule is CC(C)(C)c1ccc(N2c3ccc(N4c5ccc(C(C)(C)C)cc5C5(C)CCCCC45C)cc3B3c4ccc(C(C)(C)C)cc4N(c4cccc(C(C)(C)C)c4)c4cc(N5c6ccc([Si](c7ccccc7)(c7ccccc7)c7ccccc7)cc6C6(C)CCCCC56C)cc2c43)cc1. The predicted molar refractivity (Wildman–Crippen MR) is 424 cm³/mol. The number of rotatable bonds is 8. The zero-order chi connectivity index (χ0) is 68.5. The maximum absolute atomic E-state index is 2.90. The van der Waals surface area contributed by atoms with Gasteiger partial charge in [0.25, 0.3) is 6.71 Å². The molecule has 0 amide bonds. The lowest BCUT2D eigenvalue weighted by Gasteiger charge is -2.51. The summed E-state index contributed by atoms with van der Waals surface area (Å²) in [4.78, 5) is 11.1. The smallest absolute Gasteiger partial charge is 0.252 e. The Morgan fingerprint density at radius 3 is 1.29 bits per heavy atom. The number of nitrogens with zero attached hydrogens (tertiary/aromatic N) is 4. The molecular weight excluding hydrogens is 1200 g/mol. The van der Waals surface area contributed by atoms with Gasteiger partial charge in [0.1, 0.15) is 0 Å². The summed E-state index contributed by atoms with van der Waals surface area (Å²) in [7, 11) is -2.90. The summed E-state index contributed by atoms with van der Waals surface area (Å²) < 4.78 is 0. The summed E-state index contributed by atoms with van der Waals surface area (Å²) in [5.41, 5.74) is 24.3. The molecule has 2 fully saturated rings. The fourth-order valence-electron chi connectivity index (χ4n) is 19.5. The fourth-order valence-corrected chi connectivity index (χ4v) is 24.3. The number of benzene rings is 10. The van der Waals surface area contributed by atoms with Crippen LogP contribution in [-0.4, -0.2) is 25.9 Å². The van der Waals surface area contributed by atoms with Gasteiger partial charge in [-0.15, -0.1) is 0 Å². The normalized spacial score (nSPS) is 21.8. The van der Waals surface area contributed by atoms with Gasteiger partial charge in [-0.25, -0.2) is 0 Å². The highest BCUT2D eigenvalue weighted by atomic mass is 28.3. The zero-order valence-electron chi connectivity index (χ0n) is 61.4. The van der Waals surface area contributed by atoms with E-state index in [9.17, 15) is 0 Å². The average molecular weight is 1300 g/mol. The molecule has 98 heavy (non-hydrogen) atoms. The first-order valence-electron chi connectivity index (χ1n) is 36.9. The van der Waals surface area contributed by atoms with Crippen molar-refractivity contribution >= 4 is 109 Å². The molecule has 0 bridgehead atoms. The van der Waals surface area contributed by atoms with E-state index in [4.69, 9.17) is 0 Å². The van der Waals surface area contributed by atoms with Crippen LogP contribution in [0.15, 0.2) is 224 Å².